The fourth-order valence-corrected chi connectivity index (χ4v) is 3.63. The van der Waals surface area contributed by atoms with Crippen LogP contribution in [-0.2, 0) is 16.6 Å². The van der Waals surface area contributed by atoms with Gasteiger partial charge in [-0.05, 0) is 25.5 Å². The van der Waals surface area contributed by atoms with Crippen LogP contribution in [0.1, 0.15) is 20.3 Å². The summed E-state index contributed by atoms with van der Waals surface area (Å²) in [7, 11) is 1.83. The molecule has 1 saturated heterocycles. The van der Waals surface area contributed by atoms with Crippen LogP contribution in [-0.4, -0.2) is 39.4 Å². The molecule has 0 spiro atoms. The van der Waals surface area contributed by atoms with Gasteiger partial charge in [-0.25, -0.2) is 4.79 Å². The van der Waals surface area contributed by atoms with Gasteiger partial charge >= 0.3 is 6.03 Å². The van der Waals surface area contributed by atoms with Crippen LogP contribution in [0.25, 0.3) is 10.2 Å². The number of benzene rings is 1. The van der Waals surface area contributed by atoms with Crippen LogP contribution >= 0.6 is 11.3 Å². The Labute approximate surface area is 142 Å². The number of hydrogen-bond acceptors (Lipinski definition) is 4. The number of para-hydroxylation sites is 1. The summed E-state index contributed by atoms with van der Waals surface area (Å²) >= 11 is 1.39. The molecule has 126 valence electrons. The van der Waals surface area contributed by atoms with Crippen molar-refractivity contribution in [1.29, 1.82) is 0 Å². The number of aryl methyl sites for hydroxylation is 1. The molecule has 7 nitrogen and oxygen atoms in total. The molecule has 1 aromatic heterocycles. The molecule has 0 bridgehead atoms. The van der Waals surface area contributed by atoms with E-state index in [9.17, 15) is 14.4 Å². The van der Waals surface area contributed by atoms with Gasteiger partial charge in [-0.15, -0.1) is 0 Å². The number of aromatic nitrogens is 1. The smallest absolute Gasteiger partial charge is 0.323 e. The molecule has 2 heterocycles. The van der Waals surface area contributed by atoms with Crippen LogP contribution in [0.2, 0.25) is 0 Å². The number of nitrogens with zero attached hydrogens (tertiary/aromatic N) is 3. The lowest BCUT2D eigenvalue weighted by Gasteiger charge is -2.18. The Hall–Kier alpha value is -2.48. The van der Waals surface area contributed by atoms with E-state index in [1.54, 1.807) is 6.92 Å². The maximum atomic E-state index is 12.3. The quantitative estimate of drug-likeness (QED) is 0.853. The fraction of sp³-hybridized carbons (Fsp3) is 0.375. The van der Waals surface area contributed by atoms with Crippen LogP contribution in [0.3, 0.4) is 0 Å². The zero-order valence-electron chi connectivity index (χ0n) is 13.7. The molecule has 0 radical (unpaired) electrons. The highest BCUT2D eigenvalue weighted by Crippen LogP contribution is 2.20. The minimum Gasteiger partial charge on any atom is -0.323 e. The minimum absolute atomic E-state index is 0.353. The summed E-state index contributed by atoms with van der Waals surface area (Å²) < 4.78 is 2.83. The molecular weight excluding hydrogens is 328 g/mol. The maximum Gasteiger partial charge on any atom is 0.325 e. The van der Waals surface area contributed by atoms with Crippen LogP contribution in [0.4, 0.5) is 4.79 Å². The number of urea groups is 1. The number of amides is 4. The molecule has 0 aliphatic carbocycles. The van der Waals surface area contributed by atoms with Gasteiger partial charge in [-0.3, -0.25) is 14.5 Å². The monoisotopic (exact) mass is 346 g/mol. The lowest BCUT2D eigenvalue weighted by Crippen LogP contribution is -2.43. The maximum absolute atomic E-state index is 12.3. The summed E-state index contributed by atoms with van der Waals surface area (Å²) in [6.07, 6.45) is 0.463. The third kappa shape index (κ3) is 2.62. The first-order chi connectivity index (χ1) is 11.4. The Kier molecular flexibility index (Phi) is 4.00. The Balaban J connectivity index is 1.86. The lowest BCUT2D eigenvalue weighted by atomic mass is 9.99. The Morgan fingerprint density at radius 2 is 2.04 bits per heavy atom. The van der Waals surface area contributed by atoms with E-state index in [1.165, 1.54) is 11.3 Å². The summed E-state index contributed by atoms with van der Waals surface area (Å²) in [5.41, 5.74) is 0.0298. The van der Waals surface area contributed by atoms with Crippen molar-refractivity contribution >= 4 is 39.4 Å². The van der Waals surface area contributed by atoms with Gasteiger partial charge < -0.3 is 9.88 Å². The highest BCUT2D eigenvalue weighted by molar-refractivity contribution is 7.16. The van der Waals surface area contributed by atoms with Crippen molar-refractivity contribution in [2.45, 2.75) is 25.8 Å². The van der Waals surface area contributed by atoms with E-state index in [2.05, 4.69) is 10.3 Å². The average Bonchev–Trinajstić information content (AvgIpc) is 2.98. The first kappa shape index (κ1) is 16.4. The SMILES string of the molecule is CCC1(C)NC(=O)N(CC(=O)N=c2sc3ccccc3n2C)C1=O. The topological polar surface area (TPSA) is 83.8 Å². The van der Waals surface area contributed by atoms with E-state index >= 15 is 0 Å². The lowest BCUT2D eigenvalue weighted by molar-refractivity contribution is -0.133. The number of imide groups is 1. The number of rotatable bonds is 3. The van der Waals surface area contributed by atoms with E-state index < -0.39 is 17.5 Å². The largest absolute Gasteiger partial charge is 0.325 e. The van der Waals surface area contributed by atoms with Gasteiger partial charge in [-0.1, -0.05) is 30.4 Å². The Morgan fingerprint density at radius 1 is 1.33 bits per heavy atom. The molecule has 2 aromatic rings. The number of carbonyl (C=O) groups is 3. The zero-order chi connectivity index (χ0) is 17.5. The molecule has 1 atom stereocenters. The summed E-state index contributed by atoms with van der Waals surface area (Å²) in [5.74, 6) is -0.916. The standard InChI is InChI=1S/C16H18N4O3S/c1-4-16(2)13(22)20(14(23)18-16)9-12(21)17-15-19(3)10-7-5-6-8-11(10)24-15/h5-8H,4,9H2,1-3H3,(H,18,23). The number of nitrogens with one attached hydrogen (secondary N) is 1. The van der Waals surface area contributed by atoms with E-state index in [4.69, 9.17) is 0 Å². The van der Waals surface area contributed by atoms with E-state index in [1.807, 2.05) is 42.8 Å². The van der Waals surface area contributed by atoms with Crippen LogP contribution in [0.15, 0.2) is 29.3 Å². The average molecular weight is 346 g/mol. The molecule has 24 heavy (non-hydrogen) atoms. The molecule has 1 aliphatic heterocycles. The van der Waals surface area contributed by atoms with Crippen molar-refractivity contribution in [2.24, 2.45) is 12.0 Å². The molecule has 1 aromatic carbocycles. The highest BCUT2D eigenvalue weighted by Gasteiger charge is 2.46. The van der Waals surface area contributed by atoms with Crippen molar-refractivity contribution in [3.63, 3.8) is 0 Å². The van der Waals surface area contributed by atoms with Crippen molar-refractivity contribution in [2.75, 3.05) is 6.54 Å². The second-order valence-electron chi connectivity index (χ2n) is 5.92. The predicted octanol–water partition coefficient (Wildman–Crippen LogP) is 1.39. The van der Waals surface area contributed by atoms with Gasteiger partial charge in [0.25, 0.3) is 11.8 Å². The minimum atomic E-state index is -0.945. The van der Waals surface area contributed by atoms with Crippen molar-refractivity contribution in [3.05, 3.63) is 29.1 Å². The molecule has 1 fully saturated rings. The molecule has 3 rings (SSSR count). The predicted molar refractivity (Wildman–Crippen MR) is 90.3 cm³/mol. The van der Waals surface area contributed by atoms with Gasteiger partial charge in [0.2, 0.25) is 0 Å². The fourth-order valence-electron chi connectivity index (χ4n) is 2.60. The number of hydrogen-bond donors (Lipinski definition) is 1. The molecule has 0 saturated carbocycles. The zero-order valence-corrected chi connectivity index (χ0v) is 14.5. The van der Waals surface area contributed by atoms with Crippen molar-refractivity contribution in [1.82, 2.24) is 14.8 Å². The first-order valence-corrected chi connectivity index (χ1v) is 8.43. The number of thiazole rings is 1. The third-order valence-corrected chi connectivity index (χ3v) is 5.39. The van der Waals surface area contributed by atoms with Gasteiger partial charge in [0.15, 0.2) is 4.80 Å². The van der Waals surface area contributed by atoms with Crippen molar-refractivity contribution in [3.8, 4) is 0 Å². The summed E-state index contributed by atoms with van der Waals surface area (Å²) in [4.78, 5) is 42.0. The van der Waals surface area contributed by atoms with Gasteiger partial charge in [0, 0.05) is 7.05 Å². The molecule has 1 N–H and O–H groups in total. The highest BCUT2D eigenvalue weighted by atomic mass is 32.1. The summed E-state index contributed by atoms with van der Waals surface area (Å²) in [6, 6.07) is 7.18. The van der Waals surface area contributed by atoms with Crippen LogP contribution in [0, 0.1) is 0 Å². The molecule has 1 unspecified atom stereocenters. The molecule has 1 aliphatic rings. The normalized spacial score (nSPS) is 21.6. The van der Waals surface area contributed by atoms with Gasteiger partial charge in [-0.2, -0.15) is 4.99 Å². The molecule has 8 heteroatoms. The molecular formula is C16H18N4O3S. The van der Waals surface area contributed by atoms with Gasteiger partial charge in [0.1, 0.15) is 12.1 Å². The summed E-state index contributed by atoms with van der Waals surface area (Å²) in [5, 5.41) is 2.62. The Bertz CT molecular complexity index is 913. The van der Waals surface area contributed by atoms with E-state index in [-0.39, 0.29) is 12.5 Å². The van der Waals surface area contributed by atoms with Gasteiger partial charge in [0.05, 0.1) is 10.2 Å². The summed E-state index contributed by atoms with van der Waals surface area (Å²) in [6.45, 7) is 3.11. The molecule has 4 amide bonds. The Morgan fingerprint density at radius 3 is 2.67 bits per heavy atom. The van der Waals surface area contributed by atoms with E-state index in [0.717, 1.165) is 15.1 Å². The second-order valence-corrected chi connectivity index (χ2v) is 6.93. The van der Waals surface area contributed by atoms with Crippen molar-refractivity contribution < 1.29 is 14.4 Å². The number of fused-ring (bicyclic) bond motifs is 1. The van der Waals surface area contributed by atoms with Crippen LogP contribution in [0.5, 0.6) is 0 Å². The van der Waals surface area contributed by atoms with Crippen LogP contribution < -0.4 is 10.1 Å². The number of carbonyl (C=O) groups excluding carboxylic acids is 3. The van der Waals surface area contributed by atoms with E-state index in [0.29, 0.717) is 11.2 Å². The first-order valence-electron chi connectivity index (χ1n) is 7.62. The third-order valence-electron chi connectivity index (χ3n) is 4.28. The second kappa shape index (κ2) is 5.86.